The molecule has 160 valence electrons. The van der Waals surface area contributed by atoms with Crippen LogP contribution in [0.3, 0.4) is 0 Å². The summed E-state index contributed by atoms with van der Waals surface area (Å²) in [4.78, 5) is 44.1. The van der Waals surface area contributed by atoms with Gasteiger partial charge in [-0.1, -0.05) is 42.5 Å². The summed E-state index contributed by atoms with van der Waals surface area (Å²) in [6.45, 7) is 2.40. The van der Waals surface area contributed by atoms with E-state index < -0.39 is 11.6 Å². The lowest BCUT2D eigenvalue weighted by Crippen LogP contribution is -2.52. The molecule has 5 rings (SSSR count). The molecule has 1 N–H and O–H groups in total. The van der Waals surface area contributed by atoms with Gasteiger partial charge in [0.15, 0.2) is 0 Å². The van der Waals surface area contributed by atoms with Gasteiger partial charge in [0.05, 0.1) is 0 Å². The van der Waals surface area contributed by atoms with E-state index >= 15 is 0 Å². The molecule has 0 aromatic heterocycles. The molecule has 1 aliphatic carbocycles. The number of nitrogens with zero attached hydrogens (tertiary/aromatic N) is 3. The number of imide groups is 1. The molecule has 2 aromatic carbocycles. The number of fused-ring (bicyclic) bond motifs is 2. The zero-order valence-electron chi connectivity index (χ0n) is 17.4. The molecule has 0 saturated carbocycles. The van der Waals surface area contributed by atoms with Crippen LogP contribution >= 0.6 is 0 Å². The highest BCUT2D eigenvalue weighted by molar-refractivity contribution is 6.09. The van der Waals surface area contributed by atoms with Crippen LogP contribution in [0.1, 0.15) is 24.0 Å². The Bertz CT molecular complexity index is 1020. The third-order valence-corrected chi connectivity index (χ3v) is 6.70. The third-order valence-electron chi connectivity index (χ3n) is 6.70. The van der Waals surface area contributed by atoms with E-state index in [0.717, 1.165) is 47.6 Å². The monoisotopic (exact) mass is 418 g/mol. The summed E-state index contributed by atoms with van der Waals surface area (Å²) in [5.74, 6) is -0.488. The van der Waals surface area contributed by atoms with Crippen LogP contribution in [0.4, 0.5) is 10.5 Å². The summed E-state index contributed by atoms with van der Waals surface area (Å²) in [5, 5.41) is 2.92. The average molecular weight is 418 g/mol. The number of hydrogen-bond acceptors (Lipinski definition) is 4. The van der Waals surface area contributed by atoms with Crippen molar-refractivity contribution in [1.29, 1.82) is 0 Å². The second-order valence-electron chi connectivity index (χ2n) is 8.44. The number of carbonyl (C=O) groups is 3. The molecule has 2 saturated heterocycles. The number of para-hydroxylation sites is 1. The number of carbonyl (C=O) groups excluding carboxylic acids is 3. The molecule has 0 bridgehead atoms. The van der Waals surface area contributed by atoms with E-state index in [0.29, 0.717) is 19.5 Å². The summed E-state index contributed by atoms with van der Waals surface area (Å²) < 4.78 is 0. The molecule has 3 aliphatic rings. The molecule has 31 heavy (non-hydrogen) atoms. The van der Waals surface area contributed by atoms with Gasteiger partial charge in [-0.25, -0.2) is 4.79 Å². The first-order valence-electron chi connectivity index (χ1n) is 10.9. The Morgan fingerprint density at radius 3 is 2.42 bits per heavy atom. The highest BCUT2D eigenvalue weighted by Gasteiger charge is 2.54. The predicted octanol–water partition coefficient (Wildman–Crippen LogP) is 2.12. The minimum Gasteiger partial charge on any atom is -0.368 e. The molecule has 2 heterocycles. The largest absolute Gasteiger partial charge is 0.368 e. The zero-order valence-corrected chi connectivity index (χ0v) is 17.4. The summed E-state index contributed by atoms with van der Waals surface area (Å²) in [6, 6.07) is 17.4. The van der Waals surface area contributed by atoms with Gasteiger partial charge in [-0.3, -0.25) is 14.5 Å². The summed E-state index contributed by atoms with van der Waals surface area (Å²) in [6.07, 6.45) is 2.28. The fourth-order valence-corrected chi connectivity index (χ4v) is 5.04. The molecule has 0 unspecified atom stereocenters. The maximum Gasteiger partial charge on any atom is 0.325 e. The van der Waals surface area contributed by atoms with Crippen molar-refractivity contribution in [3.63, 3.8) is 0 Å². The van der Waals surface area contributed by atoms with Crippen molar-refractivity contribution in [3.8, 4) is 0 Å². The lowest BCUT2D eigenvalue weighted by molar-refractivity contribution is -0.139. The van der Waals surface area contributed by atoms with E-state index in [1.165, 1.54) is 0 Å². The number of rotatable bonds is 3. The number of anilines is 1. The van der Waals surface area contributed by atoms with Crippen molar-refractivity contribution in [3.05, 3.63) is 65.7 Å². The van der Waals surface area contributed by atoms with Gasteiger partial charge in [-0.05, 0) is 42.5 Å². The van der Waals surface area contributed by atoms with E-state index in [-0.39, 0.29) is 18.4 Å². The van der Waals surface area contributed by atoms with Gasteiger partial charge in [0.1, 0.15) is 12.1 Å². The fraction of sp³-hybridized carbons (Fsp3) is 0.375. The van der Waals surface area contributed by atoms with Crippen LogP contribution in [0.5, 0.6) is 0 Å². The van der Waals surface area contributed by atoms with Gasteiger partial charge in [-0.15, -0.1) is 0 Å². The first-order chi connectivity index (χ1) is 15.1. The Hall–Kier alpha value is -3.35. The molecule has 2 fully saturated rings. The molecule has 4 amide bonds. The second kappa shape index (κ2) is 7.72. The topological polar surface area (TPSA) is 73.0 Å². The summed E-state index contributed by atoms with van der Waals surface area (Å²) >= 11 is 0. The summed E-state index contributed by atoms with van der Waals surface area (Å²) in [5.41, 5.74) is 2.07. The molecule has 7 heteroatoms. The van der Waals surface area contributed by atoms with Crippen molar-refractivity contribution in [2.75, 3.05) is 37.6 Å². The number of benzene rings is 2. The minimum absolute atomic E-state index is 0.183. The molecule has 1 spiro atoms. The van der Waals surface area contributed by atoms with Gasteiger partial charge in [-0.2, -0.15) is 0 Å². The van der Waals surface area contributed by atoms with E-state index in [2.05, 4.69) is 22.3 Å². The van der Waals surface area contributed by atoms with E-state index in [9.17, 15) is 14.4 Å². The van der Waals surface area contributed by atoms with Crippen molar-refractivity contribution < 1.29 is 14.4 Å². The van der Waals surface area contributed by atoms with Crippen molar-refractivity contribution in [2.45, 2.75) is 24.8 Å². The predicted molar refractivity (Wildman–Crippen MR) is 117 cm³/mol. The van der Waals surface area contributed by atoms with Crippen LogP contribution in [0.25, 0.3) is 0 Å². The SMILES string of the molecule is O=C(CN1C(=O)N[C@]2(CCCc3ccccc32)C1=O)N1CCN(c2ccccc2)CC1. The van der Waals surface area contributed by atoms with Crippen LogP contribution < -0.4 is 10.2 Å². The normalized spacial score (nSPS) is 23.2. The number of urea groups is 1. The van der Waals surface area contributed by atoms with Gasteiger partial charge < -0.3 is 15.1 Å². The lowest BCUT2D eigenvalue weighted by Gasteiger charge is -2.36. The molecular formula is C24H26N4O3. The average Bonchev–Trinajstić information content (AvgIpc) is 3.04. The van der Waals surface area contributed by atoms with E-state index in [4.69, 9.17) is 0 Å². The van der Waals surface area contributed by atoms with Crippen LogP contribution in [-0.4, -0.2) is 60.4 Å². The molecule has 7 nitrogen and oxygen atoms in total. The number of amides is 4. The van der Waals surface area contributed by atoms with Crippen LogP contribution in [0.2, 0.25) is 0 Å². The van der Waals surface area contributed by atoms with E-state index in [1.807, 2.05) is 42.5 Å². The van der Waals surface area contributed by atoms with Crippen LogP contribution in [0.15, 0.2) is 54.6 Å². The summed E-state index contributed by atoms with van der Waals surface area (Å²) in [7, 11) is 0. The number of nitrogens with one attached hydrogen (secondary N) is 1. The minimum atomic E-state index is -1.03. The molecule has 2 aliphatic heterocycles. The molecule has 2 aromatic rings. The Balaban J connectivity index is 1.27. The molecule has 1 atom stereocenters. The van der Waals surface area contributed by atoms with Crippen LogP contribution in [-0.2, 0) is 21.5 Å². The van der Waals surface area contributed by atoms with Crippen molar-refractivity contribution in [2.24, 2.45) is 0 Å². The number of hydrogen-bond donors (Lipinski definition) is 1. The quantitative estimate of drug-likeness (QED) is 0.775. The number of aryl methyl sites for hydroxylation is 1. The fourth-order valence-electron chi connectivity index (χ4n) is 5.04. The Kier molecular flexibility index (Phi) is 4.88. The lowest BCUT2D eigenvalue weighted by atomic mass is 9.76. The standard InChI is InChI=1S/C24H26N4O3/c29-21(27-15-13-26(14-16-27)19-9-2-1-3-10-19)17-28-22(30)24(25-23(28)31)12-6-8-18-7-4-5-11-20(18)24/h1-5,7,9-11H,6,8,12-17H2,(H,25,31)/t24-/m0/s1. The Labute approximate surface area is 181 Å². The maximum atomic E-state index is 13.4. The van der Waals surface area contributed by atoms with Gasteiger partial charge >= 0.3 is 6.03 Å². The molecule has 0 radical (unpaired) electrons. The maximum absolute atomic E-state index is 13.4. The van der Waals surface area contributed by atoms with Crippen LogP contribution in [0, 0.1) is 0 Å². The first kappa shape index (κ1) is 19.6. The smallest absolute Gasteiger partial charge is 0.325 e. The Morgan fingerprint density at radius 1 is 0.935 bits per heavy atom. The van der Waals surface area contributed by atoms with Crippen molar-refractivity contribution in [1.82, 2.24) is 15.1 Å². The highest BCUT2D eigenvalue weighted by Crippen LogP contribution is 2.39. The molecular weight excluding hydrogens is 392 g/mol. The van der Waals surface area contributed by atoms with Gasteiger partial charge in [0, 0.05) is 31.9 Å². The van der Waals surface area contributed by atoms with Gasteiger partial charge in [0.2, 0.25) is 5.91 Å². The number of piperazine rings is 1. The van der Waals surface area contributed by atoms with Crippen molar-refractivity contribution >= 4 is 23.5 Å². The highest BCUT2D eigenvalue weighted by atomic mass is 16.2. The first-order valence-corrected chi connectivity index (χ1v) is 10.9. The third kappa shape index (κ3) is 3.34. The zero-order chi connectivity index (χ0) is 21.4. The van der Waals surface area contributed by atoms with Gasteiger partial charge in [0.25, 0.3) is 5.91 Å². The Morgan fingerprint density at radius 2 is 1.65 bits per heavy atom. The van der Waals surface area contributed by atoms with E-state index in [1.54, 1.807) is 4.90 Å². The second-order valence-corrected chi connectivity index (χ2v) is 8.44.